The Morgan fingerprint density at radius 3 is 2.52 bits per heavy atom. The quantitative estimate of drug-likeness (QED) is 0.472. The highest BCUT2D eigenvalue weighted by molar-refractivity contribution is 7.11. The topological polar surface area (TPSA) is 75.6 Å². The first-order valence-corrected chi connectivity index (χ1v) is 8.70. The van der Waals surface area contributed by atoms with Crippen molar-refractivity contribution in [1.82, 2.24) is 15.6 Å². The third-order valence-corrected chi connectivity index (χ3v) is 3.97. The van der Waals surface area contributed by atoms with Crippen molar-refractivity contribution in [3.8, 4) is 0 Å². The number of carbonyl (C=O) groups is 1. The standard InChI is InChI=1S/C16H28N4O2S/c1-7-17-15(19-10-14(21)22-16(4,5)6)18-9-8-13-20-11(2)12(3)23-13/h7-10H2,1-6H3,(H2,17,18,19). The van der Waals surface area contributed by atoms with Crippen LogP contribution in [-0.4, -0.2) is 42.1 Å². The molecule has 0 atom stereocenters. The number of ether oxygens (including phenoxy) is 1. The van der Waals surface area contributed by atoms with Crippen LogP contribution >= 0.6 is 11.3 Å². The number of aryl methyl sites for hydroxylation is 2. The van der Waals surface area contributed by atoms with Crippen LogP contribution in [0.4, 0.5) is 0 Å². The van der Waals surface area contributed by atoms with E-state index in [-0.39, 0.29) is 12.5 Å². The van der Waals surface area contributed by atoms with Crippen molar-refractivity contribution in [3.63, 3.8) is 0 Å². The highest BCUT2D eigenvalue weighted by atomic mass is 32.1. The fourth-order valence-electron chi connectivity index (χ4n) is 1.79. The number of esters is 1. The van der Waals surface area contributed by atoms with Gasteiger partial charge in [0, 0.05) is 24.4 Å². The van der Waals surface area contributed by atoms with E-state index in [9.17, 15) is 4.79 Å². The Kier molecular flexibility index (Phi) is 7.48. The summed E-state index contributed by atoms with van der Waals surface area (Å²) in [7, 11) is 0. The normalized spacial score (nSPS) is 12.2. The Morgan fingerprint density at radius 2 is 2.00 bits per heavy atom. The van der Waals surface area contributed by atoms with Crippen LogP contribution in [0.25, 0.3) is 0 Å². The summed E-state index contributed by atoms with van der Waals surface area (Å²) in [5.74, 6) is 0.282. The van der Waals surface area contributed by atoms with Gasteiger partial charge >= 0.3 is 5.97 Å². The molecule has 1 rings (SSSR count). The molecule has 1 aromatic rings. The lowest BCUT2D eigenvalue weighted by Crippen LogP contribution is -2.39. The van der Waals surface area contributed by atoms with E-state index in [0.717, 1.165) is 23.7 Å². The maximum Gasteiger partial charge on any atom is 0.328 e. The van der Waals surface area contributed by atoms with Gasteiger partial charge in [0.1, 0.15) is 12.1 Å². The van der Waals surface area contributed by atoms with E-state index in [4.69, 9.17) is 4.74 Å². The number of nitrogens with one attached hydrogen (secondary N) is 2. The van der Waals surface area contributed by atoms with E-state index in [1.807, 2.05) is 34.6 Å². The molecule has 0 radical (unpaired) electrons. The van der Waals surface area contributed by atoms with Gasteiger partial charge in [-0.3, -0.25) is 4.79 Å². The van der Waals surface area contributed by atoms with Gasteiger partial charge in [-0.05, 0) is 41.5 Å². The summed E-state index contributed by atoms with van der Waals surface area (Å²) >= 11 is 1.72. The molecule has 0 unspecified atom stereocenters. The summed E-state index contributed by atoms with van der Waals surface area (Å²) in [6, 6.07) is 0. The second-order valence-corrected chi connectivity index (χ2v) is 7.50. The minimum Gasteiger partial charge on any atom is -0.459 e. The number of guanidine groups is 1. The molecule has 0 aromatic carbocycles. The molecule has 130 valence electrons. The third kappa shape index (κ3) is 7.97. The maximum atomic E-state index is 11.7. The minimum absolute atomic E-state index is 0.00206. The van der Waals surface area contributed by atoms with Gasteiger partial charge in [0.25, 0.3) is 0 Å². The fourth-order valence-corrected chi connectivity index (χ4v) is 2.73. The van der Waals surface area contributed by atoms with E-state index in [1.54, 1.807) is 11.3 Å². The molecule has 0 spiro atoms. The molecule has 0 fully saturated rings. The summed E-state index contributed by atoms with van der Waals surface area (Å²) in [4.78, 5) is 21.7. The molecule has 0 amide bonds. The van der Waals surface area contributed by atoms with Gasteiger partial charge in [-0.1, -0.05) is 0 Å². The van der Waals surface area contributed by atoms with Gasteiger partial charge in [0.05, 0.1) is 10.7 Å². The Balaban J connectivity index is 2.47. The van der Waals surface area contributed by atoms with Crippen LogP contribution in [0.2, 0.25) is 0 Å². The van der Waals surface area contributed by atoms with E-state index in [0.29, 0.717) is 12.5 Å². The average Bonchev–Trinajstić information content (AvgIpc) is 2.73. The fraction of sp³-hybridized carbons (Fsp3) is 0.688. The first-order chi connectivity index (χ1) is 10.7. The third-order valence-electron chi connectivity index (χ3n) is 2.83. The summed E-state index contributed by atoms with van der Waals surface area (Å²) in [5, 5.41) is 7.44. The summed E-state index contributed by atoms with van der Waals surface area (Å²) in [5.41, 5.74) is 0.606. The summed E-state index contributed by atoms with van der Waals surface area (Å²) in [6.45, 7) is 13.1. The molecule has 0 bridgehead atoms. The number of aliphatic imine (C=N–C) groups is 1. The maximum absolute atomic E-state index is 11.7. The van der Waals surface area contributed by atoms with Crippen LogP contribution in [0.1, 0.15) is 43.3 Å². The second-order valence-electron chi connectivity index (χ2n) is 6.21. The SMILES string of the molecule is CCNC(=NCC(=O)OC(C)(C)C)NCCc1nc(C)c(C)s1. The zero-order valence-electron chi connectivity index (χ0n) is 14.9. The predicted octanol–water partition coefficient (Wildman–Crippen LogP) is 2.20. The number of hydrogen-bond acceptors (Lipinski definition) is 5. The lowest BCUT2D eigenvalue weighted by Gasteiger charge is -2.19. The van der Waals surface area contributed by atoms with Crippen molar-refractivity contribution in [2.75, 3.05) is 19.6 Å². The van der Waals surface area contributed by atoms with Gasteiger partial charge in [0.15, 0.2) is 5.96 Å². The van der Waals surface area contributed by atoms with Gasteiger partial charge < -0.3 is 15.4 Å². The van der Waals surface area contributed by atoms with Crippen molar-refractivity contribution >= 4 is 23.3 Å². The molecule has 1 heterocycles. The highest BCUT2D eigenvalue weighted by Gasteiger charge is 2.15. The Morgan fingerprint density at radius 1 is 1.30 bits per heavy atom. The molecule has 23 heavy (non-hydrogen) atoms. The lowest BCUT2D eigenvalue weighted by molar-refractivity contribution is -0.152. The molecule has 0 saturated heterocycles. The smallest absolute Gasteiger partial charge is 0.328 e. The predicted molar refractivity (Wildman–Crippen MR) is 95.1 cm³/mol. The average molecular weight is 340 g/mol. The van der Waals surface area contributed by atoms with Crippen LogP contribution in [-0.2, 0) is 16.0 Å². The number of hydrogen-bond donors (Lipinski definition) is 2. The van der Waals surface area contributed by atoms with Crippen molar-refractivity contribution in [2.45, 2.75) is 53.6 Å². The molecule has 0 saturated carbocycles. The lowest BCUT2D eigenvalue weighted by atomic mass is 10.2. The molecule has 0 aliphatic carbocycles. The summed E-state index contributed by atoms with van der Waals surface area (Å²) < 4.78 is 5.25. The van der Waals surface area contributed by atoms with Gasteiger partial charge in [0.2, 0.25) is 0 Å². The molecule has 7 heteroatoms. The molecule has 2 N–H and O–H groups in total. The molecule has 0 aliphatic rings. The van der Waals surface area contributed by atoms with Crippen LogP contribution < -0.4 is 10.6 Å². The van der Waals surface area contributed by atoms with Crippen molar-refractivity contribution in [3.05, 3.63) is 15.6 Å². The van der Waals surface area contributed by atoms with Crippen LogP contribution in [0.3, 0.4) is 0 Å². The monoisotopic (exact) mass is 340 g/mol. The second kappa shape index (κ2) is 8.86. The number of rotatable bonds is 6. The Hall–Kier alpha value is -1.63. The van der Waals surface area contributed by atoms with Gasteiger partial charge in [-0.15, -0.1) is 11.3 Å². The molecule has 1 aromatic heterocycles. The molecular formula is C16H28N4O2S. The van der Waals surface area contributed by atoms with Gasteiger partial charge in [-0.25, -0.2) is 9.98 Å². The Labute approximate surface area is 142 Å². The molecule has 6 nitrogen and oxygen atoms in total. The number of carbonyl (C=O) groups excluding carboxylic acids is 1. The van der Waals surface area contributed by atoms with Crippen molar-refractivity contribution in [1.29, 1.82) is 0 Å². The minimum atomic E-state index is -0.487. The number of aromatic nitrogens is 1. The number of thiazole rings is 1. The van der Waals surface area contributed by atoms with E-state index in [2.05, 4.69) is 27.5 Å². The number of nitrogens with zero attached hydrogens (tertiary/aromatic N) is 2. The van der Waals surface area contributed by atoms with Crippen molar-refractivity contribution in [2.24, 2.45) is 4.99 Å². The van der Waals surface area contributed by atoms with Crippen LogP contribution in [0.15, 0.2) is 4.99 Å². The van der Waals surface area contributed by atoms with E-state index in [1.165, 1.54) is 4.88 Å². The largest absolute Gasteiger partial charge is 0.459 e. The Bertz CT molecular complexity index is 527. The van der Waals surface area contributed by atoms with Gasteiger partial charge in [-0.2, -0.15) is 0 Å². The van der Waals surface area contributed by atoms with Crippen molar-refractivity contribution < 1.29 is 9.53 Å². The zero-order valence-corrected chi connectivity index (χ0v) is 15.8. The van der Waals surface area contributed by atoms with Crippen LogP contribution in [0, 0.1) is 13.8 Å². The summed E-state index contributed by atoms with van der Waals surface area (Å²) in [6.07, 6.45) is 0.830. The zero-order chi connectivity index (χ0) is 17.5. The molecular weight excluding hydrogens is 312 g/mol. The highest BCUT2D eigenvalue weighted by Crippen LogP contribution is 2.16. The van der Waals surface area contributed by atoms with E-state index >= 15 is 0 Å². The molecule has 0 aliphatic heterocycles. The first kappa shape index (κ1) is 19.4. The first-order valence-electron chi connectivity index (χ1n) is 7.88. The van der Waals surface area contributed by atoms with E-state index < -0.39 is 5.60 Å². The van der Waals surface area contributed by atoms with Crippen LogP contribution in [0.5, 0.6) is 0 Å².